The topological polar surface area (TPSA) is 27.7 Å². The Balaban J connectivity index is 3.09. The van der Waals surface area contributed by atoms with Gasteiger partial charge in [-0.3, -0.25) is 0 Å². The molecule has 0 aliphatic rings. The molecule has 10 heavy (non-hydrogen) atoms. The third kappa shape index (κ3) is 6.01. The van der Waals surface area contributed by atoms with E-state index in [1.54, 1.807) is 0 Å². The zero-order chi connectivity index (χ0) is 7.82. The summed E-state index contributed by atoms with van der Waals surface area (Å²) < 4.78 is 14.4. The lowest BCUT2D eigenvalue weighted by Crippen LogP contribution is -1.87. The molecule has 0 N–H and O–H groups in total. The molecule has 0 atom stereocenters. The van der Waals surface area contributed by atoms with E-state index in [1.807, 2.05) is 0 Å². The molecule has 0 heterocycles. The van der Waals surface area contributed by atoms with Crippen LogP contribution in [-0.2, 0) is 11.8 Å². The molecule has 0 aromatic heterocycles. The minimum atomic E-state index is -1.23. The molecule has 0 aromatic rings. The molecule has 0 aromatic carbocycles. The van der Waals surface area contributed by atoms with Gasteiger partial charge in [-0.05, 0) is 6.42 Å². The summed E-state index contributed by atoms with van der Waals surface area (Å²) in [6, 6.07) is 0. The molecular weight excluding hydrogens is 287 g/mol. The van der Waals surface area contributed by atoms with Gasteiger partial charge in [0, 0.05) is 0 Å². The molecule has 6 heteroatoms. The summed E-state index contributed by atoms with van der Waals surface area (Å²) in [5, 5.41) is 0. The van der Waals surface area contributed by atoms with Gasteiger partial charge in [-0.15, -0.1) is 0 Å². The third-order valence-electron chi connectivity index (χ3n) is 0.807. The second-order valence-electron chi connectivity index (χ2n) is 1.55. The summed E-state index contributed by atoms with van der Waals surface area (Å²) >= 11 is 5.55. The standard InChI is InChI=1S/C4H9Br2O3P/c1-2-3-4-7-10(8-5)9-6/h2-4H2,1H3. The molecule has 0 unspecified atom stereocenters. The molecule has 0 aliphatic carbocycles. The third-order valence-corrected chi connectivity index (χ3v) is 2.84. The SMILES string of the molecule is CCCCOP(OBr)OBr. The van der Waals surface area contributed by atoms with Crippen LogP contribution in [0.4, 0.5) is 0 Å². The molecule has 0 aliphatic heterocycles. The zero-order valence-electron chi connectivity index (χ0n) is 5.55. The summed E-state index contributed by atoms with van der Waals surface area (Å²) in [6.45, 7) is 2.76. The second kappa shape index (κ2) is 8.37. The lowest BCUT2D eigenvalue weighted by molar-refractivity contribution is 0.283. The molecule has 0 fully saturated rings. The van der Waals surface area contributed by atoms with Crippen LogP contribution in [0, 0.1) is 0 Å². The fraction of sp³-hybridized carbons (Fsp3) is 1.00. The van der Waals surface area contributed by atoms with Crippen molar-refractivity contribution in [1.29, 1.82) is 0 Å². The first-order valence-electron chi connectivity index (χ1n) is 2.85. The minimum absolute atomic E-state index is 0.666. The molecule has 62 valence electrons. The van der Waals surface area contributed by atoms with Gasteiger partial charge in [-0.25, -0.2) is 7.23 Å². The number of hydrogen-bond acceptors (Lipinski definition) is 3. The fourth-order valence-electron chi connectivity index (χ4n) is 0.334. The number of hydrogen-bond donors (Lipinski definition) is 0. The zero-order valence-corrected chi connectivity index (χ0v) is 9.62. The summed E-state index contributed by atoms with van der Waals surface area (Å²) in [6.07, 6.45) is 2.12. The number of halogens is 2. The van der Waals surface area contributed by atoms with Crippen LogP contribution < -0.4 is 0 Å². The molecule has 0 bridgehead atoms. The molecule has 3 nitrogen and oxygen atoms in total. The largest absolute Gasteiger partial charge is 0.356 e. The summed E-state index contributed by atoms with van der Waals surface area (Å²) in [5.41, 5.74) is 0. The average Bonchev–Trinajstić information content (AvgIpc) is 1.99. The Morgan fingerprint density at radius 2 is 1.90 bits per heavy atom. The van der Waals surface area contributed by atoms with Crippen LogP contribution >= 0.6 is 41.1 Å². The molecule has 0 saturated carbocycles. The Morgan fingerprint density at radius 3 is 2.30 bits per heavy atom. The van der Waals surface area contributed by atoms with E-state index in [0.29, 0.717) is 6.61 Å². The van der Waals surface area contributed by atoms with Crippen LogP contribution in [0.5, 0.6) is 0 Å². The lowest BCUT2D eigenvalue weighted by atomic mass is 10.4. The highest BCUT2D eigenvalue weighted by molar-refractivity contribution is 9.07. The van der Waals surface area contributed by atoms with E-state index in [1.165, 1.54) is 0 Å². The Bertz CT molecular complexity index is 71.5. The fourth-order valence-corrected chi connectivity index (χ4v) is 2.05. The lowest BCUT2D eigenvalue weighted by Gasteiger charge is -2.06. The maximum atomic E-state index is 5.11. The van der Waals surface area contributed by atoms with Crippen molar-refractivity contribution in [2.45, 2.75) is 19.8 Å². The van der Waals surface area contributed by atoms with E-state index < -0.39 is 8.60 Å². The van der Waals surface area contributed by atoms with E-state index >= 15 is 0 Å². The van der Waals surface area contributed by atoms with E-state index in [2.05, 4.69) is 46.7 Å². The average molecular weight is 296 g/mol. The predicted molar refractivity (Wildman–Crippen MR) is 47.8 cm³/mol. The van der Waals surface area contributed by atoms with Crippen LogP contribution in [0.15, 0.2) is 0 Å². The van der Waals surface area contributed by atoms with Crippen molar-refractivity contribution >= 4 is 41.1 Å². The smallest absolute Gasteiger partial charge is 0.311 e. The molecule has 0 saturated heterocycles. The van der Waals surface area contributed by atoms with Crippen molar-refractivity contribution in [3.63, 3.8) is 0 Å². The Kier molecular flexibility index (Phi) is 9.43. The first-order chi connectivity index (χ1) is 4.85. The summed E-state index contributed by atoms with van der Waals surface area (Å²) in [5.74, 6) is 0. The molecule has 0 radical (unpaired) electrons. The summed E-state index contributed by atoms with van der Waals surface area (Å²) in [7, 11) is -1.23. The summed E-state index contributed by atoms with van der Waals surface area (Å²) in [4.78, 5) is 0. The molecular formula is C4H9Br2O3P. The van der Waals surface area contributed by atoms with Gasteiger partial charge in [0.15, 0.2) is 0 Å². The minimum Gasteiger partial charge on any atom is -0.311 e. The van der Waals surface area contributed by atoms with E-state index in [9.17, 15) is 0 Å². The van der Waals surface area contributed by atoms with Gasteiger partial charge < -0.3 is 4.52 Å². The van der Waals surface area contributed by atoms with E-state index in [0.717, 1.165) is 12.8 Å². The first-order valence-corrected chi connectivity index (χ1v) is 5.24. The highest BCUT2D eigenvalue weighted by Crippen LogP contribution is 2.43. The predicted octanol–water partition coefficient (Wildman–Crippen LogP) is 3.68. The van der Waals surface area contributed by atoms with Crippen molar-refractivity contribution in [2.75, 3.05) is 6.61 Å². The van der Waals surface area contributed by atoms with Crippen molar-refractivity contribution in [3.05, 3.63) is 0 Å². The highest BCUT2D eigenvalue weighted by Gasteiger charge is 2.08. The van der Waals surface area contributed by atoms with Crippen molar-refractivity contribution < 1.29 is 11.8 Å². The van der Waals surface area contributed by atoms with Gasteiger partial charge in [-0.2, -0.15) is 0 Å². The Hall–Kier alpha value is 1.27. The molecule has 0 amide bonds. The van der Waals surface area contributed by atoms with E-state index in [4.69, 9.17) is 4.52 Å². The molecule has 0 rings (SSSR count). The van der Waals surface area contributed by atoms with Crippen LogP contribution in [0.25, 0.3) is 0 Å². The maximum absolute atomic E-state index is 5.11. The van der Waals surface area contributed by atoms with Gasteiger partial charge in [-0.1, -0.05) is 13.3 Å². The van der Waals surface area contributed by atoms with Gasteiger partial charge in [0.2, 0.25) is 0 Å². The quantitative estimate of drug-likeness (QED) is 0.552. The van der Waals surface area contributed by atoms with E-state index in [-0.39, 0.29) is 0 Å². The van der Waals surface area contributed by atoms with Crippen LogP contribution in [-0.4, -0.2) is 6.61 Å². The van der Waals surface area contributed by atoms with Gasteiger partial charge >= 0.3 is 8.60 Å². The van der Waals surface area contributed by atoms with Crippen molar-refractivity contribution in [2.24, 2.45) is 0 Å². The Labute approximate surface area is 79.3 Å². The van der Waals surface area contributed by atoms with Crippen LogP contribution in [0.3, 0.4) is 0 Å². The van der Waals surface area contributed by atoms with Crippen LogP contribution in [0.1, 0.15) is 19.8 Å². The first kappa shape index (κ1) is 11.3. The van der Waals surface area contributed by atoms with Crippen LogP contribution in [0.2, 0.25) is 0 Å². The monoisotopic (exact) mass is 294 g/mol. The van der Waals surface area contributed by atoms with Crippen molar-refractivity contribution in [3.8, 4) is 0 Å². The maximum Gasteiger partial charge on any atom is 0.356 e. The number of rotatable bonds is 6. The molecule has 0 spiro atoms. The van der Waals surface area contributed by atoms with Gasteiger partial charge in [0.1, 0.15) is 32.5 Å². The Morgan fingerprint density at radius 1 is 1.30 bits per heavy atom. The second-order valence-corrected chi connectivity index (χ2v) is 4.27. The normalized spacial score (nSPS) is 10.8. The number of unbranched alkanes of at least 4 members (excludes halogenated alkanes) is 1. The van der Waals surface area contributed by atoms with Crippen molar-refractivity contribution in [1.82, 2.24) is 0 Å². The van der Waals surface area contributed by atoms with Gasteiger partial charge in [0.05, 0.1) is 6.61 Å². The van der Waals surface area contributed by atoms with Gasteiger partial charge in [0.25, 0.3) is 0 Å². The highest BCUT2D eigenvalue weighted by atomic mass is 79.9.